The zero-order chi connectivity index (χ0) is 36.9. The molecule has 0 heterocycles. The Morgan fingerprint density at radius 2 is 1.00 bits per heavy atom. The number of aromatic hydroxyl groups is 2. The van der Waals surface area contributed by atoms with Crippen LogP contribution in [0.1, 0.15) is 51.7 Å². The SMILES string of the molecule is CC(C[N+](C)(C)Cc1cc(N)ccc1O)Nc1ccc(N)cc1.CC[N+](CC)(CCCC(C)Nc1ccc(N)cc1)Cc1cc(N)ccc1O.[Cl-].[Cl-]. The van der Waals surface area contributed by atoms with Gasteiger partial charge in [-0.15, -0.1) is 0 Å². The summed E-state index contributed by atoms with van der Waals surface area (Å²) in [7, 11) is 4.29. The summed E-state index contributed by atoms with van der Waals surface area (Å²) in [5.41, 5.74) is 30.1. The van der Waals surface area contributed by atoms with E-state index in [9.17, 15) is 10.2 Å². The van der Waals surface area contributed by atoms with Crippen molar-refractivity contribution in [3.8, 4) is 11.5 Å². The number of rotatable bonds is 16. The maximum Gasteiger partial charge on any atom is 0.124 e. The molecule has 0 aliphatic carbocycles. The van der Waals surface area contributed by atoms with Crippen LogP contribution in [0.4, 0.5) is 34.1 Å². The van der Waals surface area contributed by atoms with Crippen LogP contribution in [-0.2, 0) is 13.1 Å². The van der Waals surface area contributed by atoms with Gasteiger partial charge in [0.05, 0.1) is 57.4 Å². The molecule has 4 rings (SSSR count). The molecule has 0 bridgehead atoms. The molecule has 10 nitrogen and oxygen atoms in total. The summed E-state index contributed by atoms with van der Waals surface area (Å²) < 4.78 is 1.69. The van der Waals surface area contributed by atoms with Crippen LogP contribution < -0.4 is 58.4 Å². The molecule has 0 amide bonds. The van der Waals surface area contributed by atoms with Crippen molar-refractivity contribution in [1.29, 1.82) is 0 Å². The first-order valence-electron chi connectivity index (χ1n) is 17.7. The average molecular weight is 758 g/mol. The van der Waals surface area contributed by atoms with Crippen molar-refractivity contribution in [2.75, 3.05) is 73.8 Å². The Bertz CT molecular complexity index is 1620. The van der Waals surface area contributed by atoms with Crippen LogP contribution in [0, 0.1) is 0 Å². The van der Waals surface area contributed by atoms with Gasteiger partial charge >= 0.3 is 0 Å². The van der Waals surface area contributed by atoms with Crippen molar-refractivity contribution in [3.05, 3.63) is 96.1 Å². The highest BCUT2D eigenvalue weighted by Gasteiger charge is 2.25. The van der Waals surface area contributed by atoms with Crippen LogP contribution in [0.25, 0.3) is 0 Å². The summed E-state index contributed by atoms with van der Waals surface area (Å²) in [6.45, 7) is 14.4. The lowest BCUT2D eigenvalue weighted by Crippen LogP contribution is -3.00. The Morgan fingerprint density at radius 1 is 0.596 bits per heavy atom. The van der Waals surface area contributed by atoms with E-state index in [-0.39, 0.29) is 30.9 Å². The molecule has 52 heavy (non-hydrogen) atoms. The normalized spacial score (nSPS) is 12.3. The topological polar surface area (TPSA) is 169 Å². The third kappa shape index (κ3) is 15.2. The lowest BCUT2D eigenvalue weighted by molar-refractivity contribution is -0.938. The van der Waals surface area contributed by atoms with Crippen molar-refractivity contribution in [1.82, 2.24) is 0 Å². The van der Waals surface area contributed by atoms with Gasteiger partial charge in [-0.2, -0.15) is 0 Å². The summed E-state index contributed by atoms with van der Waals surface area (Å²) in [4.78, 5) is 0. The molecule has 4 aromatic carbocycles. The smallest absolute Gasteiger partial charge is 0.124 e. The Balaban J connectivity index is 0.000000506. The predicted octanol–water partition coefficient (Wildman–Crippen LogP) is 0.836. The third-order valence-electron chi connectivity index (χ3n) is 9.34. The average Bonchev–Trinajstić information content (AvgIpc) is 3.06. The van der Waals surface area contributed by atoms with Crippen LogP contribution >= 0.6 is 0 Å². The van der Waals surface area contributed by atoms with Crippen LogP contribution in [-0.4, -0.2) is 71.5 Å². The fraction of sp³-hybridized carbons (Fsp3) is 0.400. The van der Waals surface area contributed by atoms with Gasteiger partial charge in [-0.1, -0.05) is 0 Å². The Labute approximate surface area is 324 Å². The van der Waals surface area contributed by atoms with E-state index in [1.54, 1.807) is 24.3 Å². The Hall–Kier alpha value is -4.22. The van der Waals surface area contributed by atoms with Crippen molar-refractivity contribution in [2.24, 2.45) is 0 Å². The maximum absolute atomic E-state index is 10.2. The van der Waals surface area contributed by atoms with E-state index in [1.165, 1.54) is 0 Å². The fourth-order valence-electron chi connectivity index (χ4n) is 6.51. The van der Waals surface area contributed by atoms with E-state index < -0.39 is 0 Å². The number of hydrogen-bond donors (Lipinski definition) is 8. The molecule has 2 unspecified atom stereocenters. The third-order valence-corrected chi connectivity index (χ3v) is 9.34. The summed E-state index contributed by atoms with van der Waals surface area (Å²) >= 11 is 0. The Morgan fingerprint density at radius 3 is 1.44 bits per heavy atom. The first-order valence-corrected chi connectivity index (χ1v) is 17.7. The highest BCUT2D eigenvalue weighted by Crippen LogP contribution is 2.26. The van der Waals surface area contributed by atoms with Gasteiger partial charge in [0.25, 0.3) is 0 Å². The number of quaternary nitrogens is 2. The molecular formula is C40H62Cl2N8O2. The lowest BCUT2D eigenvalue weighted by atomic mass is 10.1. The van der Waals surface area contributed by atoms with E-state index >= 15 is 0 Å². The zero-order valence-electron chi connectivity index (χ0n) is 31.7. The number of likely N-dealkylation sites (N-methyl/N-ethyl adjacent to an activating group) is 1. The molecule has 0 saturated carbocycles. The molecule has 0 radical (unpaired) electrons. The minimum absolute atomic E-state index is 0. The number of phenolic OH excluding ortho intramolecular Hbond substituents is 2. The molecule has 12 heteroatoms. The summed E-state index contributed by atoms with van der Waals surface area (Å²) in [5, 5.41) is 27.2. The van der Waals surface area contributed by atoms with Crippen LogP contribution in [0.3, 0.4) is 0 Å². The predicted molar refractivity (Wildman–Crippen MR) is 213 cm³/mol. The summed E-state index contributed by atoms with van der Waals surface area (Å²) in [5.74, 6) is 0.636. The molecule has 0 aliphatic rings. The van der Waals surface area contributed by atoms with E-state index in [0.717, 1.165) is 88.4 Å². The number of hydrogen-bond acceptors (Lipinski definition) is 8. The van der Waals surface area contributed by atoms with Gasteiger partial charge in [0.15, 0.2) is 0 Å². The fourth-order valence-corrected chi connectivity index (χ4v) is 6.51. The molecule has 0 spiro atoms. The molecule has 4 aromatic rings. The molecule has 12 N–H and O–H groups in total. The maximum atomic E-state index is 10.2. The first-order chi connectivity index (χ1) is 23.6. The molecule has 2 atom stereocenters. The second-order valence-electron chi connectivity index (χ2n) is 14.4. The van der Waals surface area contributed by atoms with Crippen LogP contribution in [0.5, 0.6) is 11.5 Å². The van der Waals surface area contributed by atoms with E-state index in [4.69, 9.17) is 22.9 Å². The zero-order valence-corrected chi connectivity index (χ0v) is 33.3. The van der Waals surface area contributed by atoms with Gasteiger partial charge in [0.2, 0.25) is 0 Å². The standard InChI is InChI=1S/C22H34N4O.C18H26N4O.2ClH/c1-4-26(5-2,16-18-15-20(24)10-13-22(18)27)14-6-7-17(3)25-21-11-8-19(23)9-12-21;1-13(21-17-7-4-15(19)5-8-17)11-22(2,3)12-14-10-16(20)6-9-18(14)23;;/h8-13,15,17,25H,4-7,14,16,23-24H2,1-3H3;4-10,13,21H,11-12,19-20H2,1-3H3;2*1H. The number of nitrogen functional groups attached to an aromatic ring is 4. The number of nitrogens with one attached hydrogen (secondary N) is 2. The largest absolute Gasteiger partial charge is 1.00 e. The van der Waals surface area contributed by atoms with E-state index in [0.29, 0.717) is 35.5 Å². The summed E-state index contributed by atoms with van der Waals surface area (Å²) in [6.07, 6.45) is 2.21. The van der Waals surface area contributed by atoms with E-state index in [1.807, 2.05) is 60.7 Å². The van der Waals surface area contributed by atoms with Gasteiger partial charge in [-0.25, -0.2) is 0 Å². The second-order valence-corrected chi connectivity index (χ2v) is 14.4. The Kier molecular flexibility index (Phi) is 18.8. The van der Waals surface area contributed by atoms with E-state index in [2.05, 4.69) is 52.4 Å². The van der Waals surface area contributed by atoms with Crippen molar-refractivity contribution in [3.63, 3.8) is 0 Å². The highest BCUT2D eigenvalue weighted by atomic mass is 35.5. The van der Waals surface area contributed by atoms with Gasteiger partial charge < -0.3 is 77.6 Å². The number of benzene rings is 4. The van der Waals surface area contributed by atoms with Crippen molar-refractivity contribution < 1.29 is 44.0 Å². The first kappa shape index (κ1) is 45.8. The number of halogens is 2. The van der Waals surface area contributed by atoms with Crippen LogP contribution in [0.15, 0.2) is 84.9 Å². The van der Waals surface area contributed by atoms with Crippen LogP contribution in [0.2, 0.25) is 0 Å². The van der Waals surface area contributed by atoms with Gasteiger partial charge in [-0.05, 0) is 125 Å². The van der Waals surface area contributed by atoms with Gasteiger partial charge in [0, 0.05) is 40.2 Å². The molecule has 0 fully saturated rings. The summed E-state index contributed by atoms with van der Waals surface area (Å²) in [6, 6.07) is 26.8. The quantitative estimate of drug-likeness (QED) is 0.0473. The number of phenols is 2. The molecule has 288 valence electrons. The molecular weight excluding hydrogens is 695 g/mol. The molecule has 0 aliphatic heterocycles. The lowest BCUT2D eigenvalue weighted by Gasteiger charge is -2.37. The number of nitrogens with two attached hydrogens (primary N) is 4. The van der Waals surface area contributed by atoms with Crippen molar-refractivity contribution >= 4 is 34.1 Å². The van der Waals surface area contributed by atoms with Gasteiger partial charge in [-0.3, -0.25) is 0 Å². The monoisotopic (exact) mass is 756 g/mol. The minimum Gasteiger partial charge on any atom is -1.00 e. The molecule has 0 saturated heterocycles. The minimum atomic E-state index is 0. The highest BCUT2D eigenvalue weighted by molar-refractivity contribution is 5.52. The second kappa shape index (κ2) is 21.3. The molecule has 0 aromatic heterocycles. The number of anilines is 6. The van der Waals surface area contributed by atoms with Gasteiger partial charge in [0.1, 0.15) is 24.6 Å². The number of nitrogens with zero attached hydrogens (tertiary/aromatic N) is 2. The van der Waals surface area contributed by atoms with Crippen molar-refractivity contribution in [2.45, 2.75) is 65.7 Å².